The molecule has 2 aliphatic heterocycles. The van der Waals surface area contributed by atoms with Crippen LogP contribution in [0.1, 0.15) is 30.6 Å². The van der Waals surface area contributed by atoms with Gasteiger partial charge in [0.25, 0.3) is 0 Å². The topological polar surface area (TPSA) is 29.3 Å². The number of aromatic nitrogens is 1. The predicted molar refractivity (Wildman–Crippen MR) is 57.4 cm³/mol. The molecule has 0 spiro atoms. The second-order valence-corrected chi connectivity index (χ2v) is 4.54. The van der Waals surface area contributed by atoms with Crippen molar-refractivity contribution in [3.63, 3.8) is 0 Å². The fourth-order valence-electron chi connectivity index (χ4n) is 2.73. The van der Waals surface area contributed by atoms with Crippen molar-refractivity contribution in [1.29, 1.82) is 0 Å². The largest absolute Gasteiger partial charge is 0.361 e. The summed E-state index contributed by atoms with van der Waals surface area (Å²) in [5, 5.41) is 3.84. The first kappa shape index (κ1) is 9.16. The zero-order chi connectivity index (χ0) is 10.3. The van der Waals surface area contributed by atoms with Gasteiger partial charge in [-0.25, -0.2) is 0 Å². The summed E-state index contributed by atoms with van der Waals surface area (Å²) in [6, 6.07) is 1.40. The van der Waals surface area contributed by atoms with E-state index in [0.29, 0.717) is 6.04 Å². The van der Waals surface area contributed by atoms with Crippen LogP contribution in [0.15, 0.2) is 22.9 Å². The Labute approximate surface area is 89.7 Å². The molecular weight excluding hydrogens is 188 g/mol. The first-order valence-electron chi connectivity index (χ1n) is 5.67. The van der Waals surface area contributed by atoms with Crippen molar-refractivity contribution in [3.8, 4) is 0 Å². The van der Waals surface area contributed by atoms with Crippen molar-refractivity contribution in [2.75, 3.05) is 0 Å². The van der Waals surface area contributed by atoms with E-state index >= 15 is 0 Å². The minimum Gasteiger partial charge on any atom is -0.361 e. The van der Waals surface area contributed by atoms with Gasteiger partial charge in [-0.15, -0.1) is 0 Å². The van der Waals surface area contributed by atoms with E-state index in [9.17, 15) is 0 Å². The van der Waals surface area contributed by atoms with Gasteiger partial charge >= 0.3 is 0 Å². The summed E-state index contributed by atoms with van der Waals surface area (Å²) in [6.07, 6.45) is 10.4. The van der Waals surface area contributed by atoms with E-state index < -0.39 is 0 Å². The van der Waals surface area contributed by atoms with Crippen molar-refractivity contribution < 1.29 is 4.52 Å². The summed E-state index contributed by atoms with van der Waals surface area (Å²) in [4.78, 5) is 2.58. The summed E-state index contributed by atoms with van der Waals surface area (Å²) in [5.74, 6) is 0.962. The fourth-order valence-corrected chi connectivity index (χ4v) is 2.73. The lowest BCUT2D eigenvalue weighted by Crippen LogP contribution is -2.36. The average Bonchev–Trinajstić information content (AvgIpc) is 2.71. The maximum absolute atomic E-state index is 5.10. The smallest absolute Gasteiger partial charge is 0.138 e. The predicted octanol–water partition coefficient (Wildman–Crippen LogP) is 2.28. The molecule has 3 heteroatoms. The van der Waals surface area contributed by atoms with Crippen LogP contribution in [0.4, 0.5) is 0 Å². The molecule has 0 aliphatic carbocycles. The molecule has 0 saturated carbocycles. The maximum Gasteiger partial charge on any atom is 0.138 e. The van der Waals surface area contributed by atoms with Crippen LogP contribution in [0, 0.1) is 6.92 Å². The van der Waals surface area contributed by atoms with Crippen LogP contribution in [0.2, 0.25) is 0 Å². The van der Waals surface area contributed by atoms with E-state index in [0.717, 1.165) is 18.3 Å². The SMILES string of the molecule is Cc1oncc1CN1C2C=CCC1CC2. The zero-order valence-corrected chi connectivity index (χ0v) is 9.02. The highest BCUT2D eigenvalue weighted by Crippen LogP contribution is 2.33. The lowest BCUT2D eigenvalue weighted by molar-refractivity contribution is 0.199. The molecule has 15 heavy (non-hydrogen) atoms. The van der Waals surface area contributed by atoms with Crippen LogP contribution < -0.4 is 0 Å². The molecule has 3 heterocycles. The molecule has 1 aromatic rings. The molecule has 0 amide bonds. The van der Waals surface area contributed by atoms with Crippen LogP contribution in [0.3, 0.4) is 0 Å². The standard InChI is InChI=1S/C12H16N2O/c1-9-10(7-13-15-9)8-14-11-3-2-4-12(14)6-5-11/h2-3,7,11-12H,4-6,8H2,1H3. The third-order valence-electron chi connectivity index (χ3n) is 3.66. The average molecular weight is 204 g/mol. The highest BCUT2D eigenvalue weighted by molar-refractivity contribution is 5.15. The summed E-state index contributed by atoms with van der Waals surface area (Å²) >= 11 is 0. The first-order valence-corrected chi connectivity index (χ1v) is 5.67. The van der Waals surface area contributed by atoms with Crippen LogP contribution in [-0.4, -0.2) is 22.1 Å². The number of fused-ring (bicyclic) bond motifs is 2. The lowest BCUT2D eigenvalue weighted by Gasteiger charge is -2.30. The number of hydrogen-bond acceptors (Lipinski definition) is 3. The highest BCUT2D eigenvalue weighted by Gasteiger charge is 2.33. The van der Waals surface area contributed by atoms with Crippen molar-refractivity contribution in [3.05, 3.63) is 29.7 Å². The Balaban J connectivity index is 1.79. The molecule has 2 unspecified atom stereocenters. The van der Waals surface area contributed by atoms with Crippen molar-refractivity contribution in [2.45, 2.75) is 44.8 Å². The summed E-state index contributed by atoms with van der Waals surface area (Å²) in [6.45, 7) is 2.99. The van der Waals surface area contributed by atoms with E-state index in [1.54, 1.807) is 0 Å². The fraction of sp³-hybridized carbons (Fsp3) is 0.583. The minimum absolute atomic E-state index is 0.651. The van der Waals surface area contributed by atoms with Crippen molar-refractivity contribution >= 4 is 0 Å². The molecule has 1 fully saturated rings. The highest BCUT2D eigenvalue weighted by atomic mass is 16.5. The Hall–Kier alpha value is -1.09. The van der Waals surface area contributed by atoms with Gasteiger partial charge < -0.3 is 4.52 Å². The Kier molecular flexibility index (Phi) is 2.13. The number of nitrogens with zero attached hydrogens (tertiary/aromatic N) is 2. The molecule has 0 aromatic carbocycles. The maximum atomic E-state index is 5.10. The van der Waals surface area contributed by atoms with E-state index in [2.05, 4.69) is 22.2 Å². The molecule has 2 atom stereocenters. The van der Waals surface area contributed by atoms with Crippen LogP contribution in [-0.2, 0) is 6.54 Å². The molecule has 1 saturated heterocycles. The van der Waals surface area contributed by atoms with E-state index in [1.807, 2.05) is 13.1 Å². The second-order valence-electron chi connectivity index (χ2n) is 4.54. The van der Waals surface area contributed by atoms with Gasteiger partial charge in [-0.2, -0.15) is 0 Å². The molecule has 80 valence electrons. The number of rotatable bonds is 2. The van der Waals surface area contributed by atoms with E-state index in [1.165, 1.54) is 24.8 Å². The Morgan fingerprint density at radius 2 is 2.47 bits per heavy atom. The Bertz CT molecular complexity index is 383. The molecule has 2 aliphatic rings. The normalized spacial score (nSPS) is 29.9. The monoisotopic (exact) mass is 204 g/mol. The van der Waals surface area contributed by atoms with Crippen LogP contribution in [0.5, 0.6) is 0 Å². The third kappa shape index (κ3) is 1.51. The van der Waals surface area contributed by atoms with Crippen LogP contribution >= 0.6 is 0 Å². The van der Waals surface area contributed by atoms with Crippen molar-refractivity contribution in [2.24, 2.45) is 0 Å². The van der Waals surface area contributed by atoms with Crippen LogP contribution in [0.25, 0.3) is 0 Å². The zero-order valence-electron chi connectivity index (χ0n) is 9.02. The molecule has 0 radical (unpaired) electrons. The van der Waals surface area contributed by atoms with E-state index in [-0.39, 0.29) is 0 Å². The molecule has 2 bridgehead atoms. The lowest BCUT2D eigenvalue weighted by atomic mass is 10.1. The van der Waals surface area contributed by atoms with Gasteiger partial charge in [-0.05, 0) is 26.2 Å². The molecule has 3 rings (SSSR count). The second kappa shape index (κ2) is 3.49. The minimum atomic E-state index is 0.651. The summed E-state index contributed by atoms with van der Waals surface area (Å²) in [7, 11) is 0. The van der Waals surface area contributed by atoms with E-state index in [4.69, 9.17) is 4.52 Å². The molecule has 1 aromatic heterocycles. The summed E-state index contributed by atoms with van der Waals surface area (Å²) < 4.78 is 5.10. The number of aryl methyl sites for hydroxylation is 1. The number of hydrogen-bond donors (Lipinski definition) is 0. The quantitative estimate of drug-likeness (QED) is 0.692. The molecule has 3 nitrogen and oxygen atoms in total. The van der Waals surface area contributed by atoms with Gasteiger partial charge in [0, 0.05) is 24.2 Å². The first-order chi connectivity index (χ1) is 7.34. The van der Waals surface area contributed by atoms with Crippen molar-refractivity contribution in [1.82, 2.24) is 10.1 Å². The molecule has 0 N–H and O–H groups in total. The molecular formula is C12H16N2O. The van der Waals surface area contributed by atoms with Gasteiger partial charge in [0.2, 0.25) is 0 Å². The van der Waals surface area contributed by atoms with Gasteiger partial charge in [-0.1, -0.05) is 17.3 Å². The third-order valence-corrected chi connectivity index (χ3v) is 3.66. The Morgan fingerprint density at radius 3 is 3.20 bits per heavy atom. The Morgan fingerprint density at radius 1 is 1.53 bits per heavy atom. The van der Waals surface area contributed by atoms with Gasteiger partial charge in [0.05, 0.1) is 6.20 Å². The van der Waals surface area contributed by atoms with Gasteiger partial charge in [-0.3, -0.25) is 4.90 Å². The summed E-state index contributed by atoms with van der Waals surface area (Å²) in [5.41, 5.74) is 1.24. The van der Waals surface area contributed by atoms with Gasteiger partial charge in [0.15, 0.2) is 0 Å². The van der Waals surface area contributed by atoms with Gasteiger partial charge in [0.1, 0.15) is 5.76 Å².